The quantitative estimate of drug-likeness (QED) is 0.523. The van der Waals surface area contributed by atoms with E-state index in [1.54, 1.807) is 7.11 Å². The van der Waals surface area contributed by atoms with Gasteiger partial charge in [-0.05, 0) is 39.0 Å². The summed E-state index contributed by atoms with van der Waals surface area (Å²) < 4.78 is 44.3. The van der Waals surface area contributed by atoms with Crippen molar-refractivity contribution in [2.24, 2.45) is 0 Å². The lowest BCUT2D eigenvalue weighted by atomic mass is 9.91. The molecule has 1 heterocycles. The number of nitrogens with zero attached hydrogens (tertiary/aromatic N) is 1. The predicted molar refractivity (Wildman–Crippen MR) is 101 cm³/mol. The number of alkyl halides is 2. The van der Waals surface area contributed by atoms with Crippen LogP contribution in [0, 0.1) is 0 Å². The van der Waals surface area contributed by atoms with Crippen LogP contribution < -0.4 is 0 Å². The van der Waals surface area contributed by atoms with Crippen LogP contribution in [0.2, 0.25) is 0 Å². The topological polar surface area (TPSA) is 30.9 Å². The first-order chi connectivity index (χ1) is 12.4. The fourth-order valence-electron chi connectivity index (χ4n) is 3.28. The van der Waals surface area contributed by atoms with Crippen molar-refractivity contribution in [2.75, 3.05) is 40.0 Å². The number of ether oxygens (including phenoxy) is 3. The average Bonchev–Trinajstić information content (AvgIpc) is 2.56. The molecule has 4 nitrogen and oxygen atoms in total. The minimum absolute atomic E-state index is 0.0933. The van der Waals surface area contributed by atoms with Crippen LogP contribution in [0.25, 0.3) is 0 Å². The zero-order chi connectivity index (χ0) is 19.4. The highest BCUT2D eigenvalue weighted by Gasteiger charge is 2.35. The third-order valence-electron chi connectivity index (χ3n) is 4.79. The summed E-state index contributed by atoms with van der Waals surface area (Å²) in [7, 11) is 1.73. The number of piperidine rings is 1. The third kappa shape index (κ3) is 9.58. The van der Waals surface area contributed by atoms with Gasteiger partial charge in [0.05, 0.1) is 24.9 Å². The van der Waals surface area contributed by atoms with Gasteiger partial charge in [0.25, 0.3) is 5.92 Å². The second-order valence-electron chi connectivity index (χ2n) is 7.43. The molecule has 1 saturated carbocycles. The first-order valence-electron chi connectivity index (χ1n) is 10.3. The molecule has 0 radical (unpaired) electrons. The van der Waals surface area contributed by atoms with E-state index in [-0.39, 0.29) is 19.1 Å². The van der Waals surface area contributed by atoms with Crippen molar-refractivity contribution < 1.29 is 23.0 Å². The molecular formula is C20H39F2NO3. The largest absolute Gasteiger partial charge is 0.382 e. The molecular weight excluding hydrogens is 340 g/mol. The Morgan fingerprint density at radius 3 is 2.15 bits per heavy atom. The first kappa shape index (κ1) is 23.7. The van der Waals surface area contributed by atoms with Gasteiger partial charge < -0.3 is 14.2 Å². The zero-order valence-corrected chi connectivity index (χ0v) is 17.1. The van der Waals surface area contributed by atoms with E-state index >= 15 is 0 Å². The van der Waals surface area contributed by atoms with Crippen molar-refractivity contribution in [3.63, 3.8) is 0 Å². The summed E-state index contributed by atoms with van der Waals surface area (Å²) >= 11 is 0. The molecule has 1 aliphatic carbocycles. The fraction of sp³-hybridized carbons (Fsp3) is 1.00. The number of methoxy groups -OCH3 is 1. The molecule has 0 bridgehead atoms. The molecule has 0 aromatic carbocycles. The Morgan fingerprint density at radius 2 is 1.62 bits per heavy atom. The van der Waals surface area contributed by atoms with Crippen LogP contribution in [0.15, 0.2) is 0 Å². The van der Waals surface area contributed by atoms with Gasteiger partial charge in [0.1, 0.15) is 0 Å². The van der Waals surface area contributed by atoms with E-state index in [4.69, 9.17) is 14.2 Å². The molecule has 26 heavy (non-hydrogen) atoms. The predicted octanol–water partition coefficient (Wildman–Crippen LogP) is 4.51. The normalized spacial score (nSPS) is 24.7. The minimum Gasteiger partial charge on any atom is -0.382 e. The van der Waals surface area contributed by atoms with Gasteiger partial charge >= 0.3 is 0 Å². The van der Waals surface area contributed by atoms with E-state index in [1.165, 1.54) is 6.42 Å². The lowest BCUT2D eigenvalue weighted by Gasteiger charge is -2.40. The van der Waals surface area contributed by atoms with Gasteiger partial charge in [-0.25, -0.2) is 8.78 Å². The molecule has 2 aliphatic rings. The van der Waals surface area contributed by atoms with Crippen LogP contribution in [-0.4, -0.2) is 69.1 Å². The Kier molecular flexibility index (Phi) is 11.8. The second-order valence-corrected chi connectivity index (χ2v) is 7.43. The fourth-order valence-corrected chi connectivity index (χ4v) is 3.28. The van der Waals surface area contributed by atoms with Crippen molar-refractivity contribution in [1.82, 2.24) is 4.90 Å². The van der Waals surface area contributed by atoms with Crippen molar-refractivity contribution in [2.45, 2.75) is 90.0 Å². The maximum absolute atomic E-state index is 13.9. The van der Waals surface area contributed by atoms with Crippen LogP contribution in [-0.2, 0) is 14.2 Å². The van der Waals surface area contributed by atoms with Gasteiger partial charge in [0, 0.05) is 39.8 Å². The monoisotopic (exact) mass is 379 g/mol. The molecule has 0 atom stereocenters. The maximum atomic E-state index is 13.9. The van der Waals surface area contributed by atoms with Crippen LogP contribution in [0.1, 0.15) is 65.7 Å². The molecule has 0 spiro atoms. The zero-order valence-electron chi connectivity index (χ0n) is 17.1. The highest BCUT2D eigenvalue weighted by molar-refractivity contribution is 4.84. The number of hydrogen-bond donors (Lipinski definition) is 0. The van der Waals surface area contributed by atoms with Crippen molar-refractivity contribution in [3.05, 3.63) is 0 Å². The lowest BCUT2D eigenvalue weighted by Crippen LogP contribution is -2.46. The summed E-state index contributed by atoms with van der Waals surface area (Å²) in [6.07, 6.45) is 6.08. The molecule has 0 aromatic heterocycles. The van der Waals surface area contributed by atoms with Gasteiger partial charge in [-0.2, -0.15) is 0 Å². The van der Waals surface area contributed by atoms with E-state index in [9.17, 15) is 8.78 Å². The van der Waals surface area contributed by atoms with Crippen molar-refractivity contribution in [1.29, 1.82) is 0 Å². The van der Waals surface area contributed by atoms with Gasteiger partial charge in [-0.3, -0.25) is 4.90 Å². The SMILES string of the molecule is CCC.CCOCCCC(F)(F)CN1CCC(OC2CC(OC)C2)CC1. The Labute approximate surface area is 158 Å². The third-order valence-corrected chi connectivity index (χ3v) is 4.79. The number of likely N-dealkylation sites (tertiary alicyclic amines) is 1. The second kappa shape index (κ2) is 13.0. The Balaban J connectivity index is 0.00000105. The molecule has 0 amide bonds. The Morgan fingerprint density at radius 1 is 1.00 bits per heavy atom. The summed E-state index contributed by atoms with van der Waals surface area (Å²) in [6.45, 7) is 8.40. The van der Waals surface area contributed by atoms with Crippen molar-refractivity contribution in [3.8, 4) is 0 Å². The lowest BCUT2D eigenvalue weighted by molar-refractivity contribution is -0.130. The maximum Gasteiger partial charge on any atom is 0.260 e. The standard InChI is InChI=1S/C17H31F2NO3.C3H8/c1-3-22-10-4-7-17(18,19)13-20-8-5-14(6-9-20)23-16-11-15(12-16)21-2;1-3-2/h14-16H,3-13H2,1-2H3;3H2,1-2H3. The van der Waals surface area contributed by atoms with Gasteiger partial charge in [0.15, 0.2) is 0 Å². The van der Waals surface area contributed by atoms with Gasteiger partial charge in [-0.1, -0.05) is 20.3 Å². The summed E-state index contributed by atoms with van der Waals surface area (Å²) in [5.74, 6) is -2.62. The molecule has 0 aromatic rings. The van der Waals surface area contributed by atoms with Gasteiger partial charge in [-0.15, -0.1) is 0 Å². The first-order valence-corrected chi connectivity index (χ1v) is 10.3. The summed E-state index contributed by atoms with van der Waals surface area (Å²) in [4.78, 5) is 1.87. The minimum atomic E-state index is -2.62. The molecule has 2 rings (SSSR count). The average molecular weight is 380 g/mol. The molecule has 156 valence electrons. The van der Waals surface area contributed by atoms with E-state index in [0.717, 1.165) is 25.7 Å². The van der Waals surface area contributed by atoms with Gasteiger partial charge in [0.2, 0.25) is 0 Å². The molecule has 0 unspecified atom stereocenters. The van der Waals surface area contributed by atoms with E-state index in [2.05, 4.69) is 13.8 Å². The molecule has 1 aliphatic heterocycles. The van der Waals surface area contributed by atoms with E-state index in [0.29, 0.717) is 44.9 Å². The van der Waals surface area contributed by atoms with E-state index in [1.807, 2.05) is 11.8 Å². The van der Waals surface area contributed by atoms with Crippen LogP contribution in [0.5, 0.6) is 0 Å². The van der Waals surface area contributed by atoms with Crippen molar-refractivity contribution >= 4 is 0 Å². The highest BCUT2D eigenvalue weighted by atomic mass is 19.3. The Bertz CT molecular complexity index is 344. The van der Waals surface area contributed by atoms with Crippen LogP contribution in [0.3, 0.4) is 0 Å². The Hall–Kier alpha value is -0.300. The number of halogens is 2. The van der Waals surface area contributed by atoms with Crippen LogP contribution in [0.4, 0.5) is 8.78 Å². The highest BCUT2D eigenvalue weighted by Crippen LogP contribution is 2.30. The number of rotatable bonds is 10. The summed E-state index contributed by atoms with van der Waals surface area (Å²) in [5.41, 5.74) is 0. The summed E-state index contributed by atoms with van der Waals surface area (Å²) in [5, 5.41) is 0. The van der Waals surface area contributed by atoms with E-state index < -0.39 is 5.92 Å². The number of hydrogen-bond acceptors (Lipinski definition) is 4. The smallest absolute Gasteiger partial charge is 0.260 e. The molecule has 2 fully saturated rings. The molecule has 6 heteroatoms. The van der Waals surface area contributed by atoms with Crippen LogP contribution >= 0.6 is 0 Å². The summed E-state index contributed by atoms with van der Waals surface area (Å²) in [6, 6.07) is 0. The molecule has 0 N–H and O–H groups in total. The molecule has 1 saturated heterocycles.